The van der Waals surface area contributed by atoms with Gasteiger partial charge in [0.05, 0.1) is 0 Å². The van der Waals surface area contributed by atoms with Gasteiger partial charge in [-0.15, -0.1) is 0 Å². The van der Waals surface area contributed by atoms with Crippen molar-refractivity contribution in [2.45, 2.75) is 20.3 Å². The van der Waals surface area contributed by atoms with Crippen LogP contribution in [-0.2, 0) is 6.42 Å². The van der Waals surface area contributed by atoms with Crippen molar-refractivity contribution in [2.24, 2.45) is 4.99 Å². The van der Waals surface area contributed by atoms with Crippen LogP contribution >= 0.6 is 11.6 Å². The van der Waals surface area contributed by atoms with Gasteiger partial charge in [-0.25, -0.2) is 14.8 Å². The van der Waals surface area contributed by atoms with Crippen LogP contribution in [0.25, 0.3) is 0 Å². The summed E-state index contributed by atoms with van der Waals surface area (Å²) >= 11 is 5.88. The topological polar surface area (TPSA) is 91.3 Å². The second-order valence-corrected chi connectivity index (χ2v) is 7.09. The Labute approximate surface area is 180 Å². The van der Waals surface area contributed by atoms with Crippen LogP contribution in [0.5, 0.6) is 0 Å². The van der Waals surface area contributed by atoms with E-state index in [0.717, 1.165) is 23.4 Å². The number of rotatable bonds is 5. The Balaban J connectivity index is 1.70. The molecule has 3 rings (SSSR count). The average Bonchev–Trinajstić information content (AvgIpc) is 2.69. The SMILES string of the molecule is Cc1cc(C)nc(NC(=NCCc2ccccc2)NC(=O)Nc2ccc(Cl)cc2)n1. The van der Waals surface area contributed by atoms with Gasteiger partial charge in [0.1, 0.15) is 0 Å². The number of anilines is 2. The fourth-order valence-corrected chi connectivity index (χ4v) is 2.87. The van der Waals surface area contributed by atoms with Crippen LogP contribution in [-0.4, -0.2) is 28.5 Å². The number of guanidine groups is 1. The van der Waals surface area contributed by atoms with Crippen molar-refractivity contribution >= 4 is 35.2 Å². The normalized spacial score (nSPS) is 11.1. The first-order valence-corrected chi connectivity index (χ1v) is 9.87. The molecule has 7 nitrogen and oxygen atoms in total. The van der Waals surface area contributed by atoms with E-state index in [9.17, 15) is 4.79 Å². The molecule has 0 spiro atoms. The number of urea groups is 1. The van der Waals surface area contributed by atoms with Crippen LogP contribution in [0.3, 0.4) is 0 Å². The van der Waals surface area contributed by atoms with Crippen LogP contribution in [0.2, 0.25) is 5.02 Å². The lowest BCUT2D eigenvalue weighted by atomic mass is 10.2. The van der Waals surface area contributed by atoms with E-state index in [0.29, 0.717) is 23.2 Å². The highest BCUT2D eigenvalue weighted by atomic mass is 35.5. The quantitative estimate of drug-likeness (QED) is 0.414. The van der Waals surface area contributed by atoms with Gasteiger partial charge < -0.3 is 5.32 Å². The first-order valence-electron chi connectivity index (χ1n) is 9.49. The molecule has 2 aromatic carbocycles. The molecule has 0 atom stereocenters. The second kappa shape index (κ2) is 10.4. The summed E-state index contributed by atoms with van der Waals surface area (Å²) in [5.74, 6) is 0.639. The van der Waals surface area contributed by atoms with Crippen molar-refractivity contribution in [1.29, 1.82) is 0 Å². The molecule has 0 unspecified atom stereocenters. The molecule has 0 saturated heterocycles. The third-order valence-corrected chi connectivity index (χ3v) is 4.31. The van der Waals surface area contributed by atoms with Gasteiger partial charge in [0.25, 0.3) is 0 Å². The molecule has 0 aliphatic carbocycles. The van der Waals surface area contributed by atoms with E-state index in [4.69, 9.17) is 11.6 Å². The predicted octanol–water partition coefficient (Wildman–Crippen LogP) is 4.58. The first-order chi connectivity index (χ1) is 14.5. The van der Waals surface area contributed by atoms with E-state index < -0.39 is 6.03 Å². The minimum Gasteiger partial charge on any atom is -0.308 e. The molecule has 1 aromatic heterocycles. The number of hydrogen-bond donors (Lipinski definition) is 3. The average molecular weight is 423 g/mol. The molecule has 0 saturated carbocycles. The monoisotopic (exact) mass is 422 g/mol. The number of aliphatic imine (C=N–C) groups is 1. The summed E-state index contributed by atoms with van der Waals surface area (Å²) in [6.07, 6.45) is 0.736. The molecular weight excluding hydrogens is 400 g/mol. The summed E-state index contributed by atoms with van der Waals surface area (Å²) in [5, 5.41) is 9.08. The summed E-state index contributed by atoms with van der Waals surface area (Å²) in [6.45, 7) is 4.25. The largest absolute Gasteiger partial charge is 0.326 e. The van der Waals surface area contributed by atoms with Crippen LogP contribution in [0.4, 0.5) is 16.4 Å². The number of hydrogen-bond acceptors (Lipinski definition) is 4. The fourth-order valence-electron chi connectivity index (χ4n) is 2.74. The van der Waals surface area contributed by atoms with Crippen LogP contribution in [0.1, 0.15) is 17.0 Å². The molecule has 2 amide bonds. The van der Waals surface area contributed by atoms with Crippen molar-refractivity contribution in [3.63, 3.8) is 0 Å². The zero-order chi connectivity index (χ0) is 21.3. The van der Waals surface area contributed by atoms with Crippen molar-refractivity contribution in [3.05, 3.63) is 82.6 Å². The maximum Gasteiger partial charge on any atom is 0.326 e. The standard InChI is InChI=1S/C22H23ClN6O/c1-15-14-16(2)26-21(25-15)28-20(24-13-12-17-6-4-3-5-7-17)29-22(30)27-19-10-8-18(23)9-11-19/h3-11,14H,12-13H2,1-2H3,(H3,24,25,26,27,28,29,30). The maximum atomic E-state index is 12.4. The lowest BCUT2D eigenvalue weighted by Gasteiger charge is -2.12. The maximum absolute atomic E-state index is 12.4. The van der Waals surface area contributed by atoms with E-state index in [2.05, 4.69) is 30.9 Å². The molecule has 0 aliphatic rings. The molecule has 3 N–H and O–H groups in total. The van der Waals surface area contributed by atoms with Gasteiger partial charge in [0.2, 0.25) is 11.9 Å². The molecule has 0 radical (unpaired) electrons. The molecule has 154 valence electrons. The smallest absolute Gasteiger partial charge is 0.308 e. The Morgan fingerprint density at radius 2 is 1.63 bits per heavy atom. The molecule has 3 aromatic rings. The number of carbonyl (C=O) groups is 1. The highest BCUT2D eigenvalue weighted by Crippen LogP contribution is 2.13. The second-order valence-electron chi connectivity index (χ2n) is 6.65. The highest BCUT2D eigenvalue weighted by Gasteiger charge is 2.09. The molecule has 0 aliphatic heterocycles. The van der Waals surface area contributed by atoms with Gasteiger partial charge in [-0.05, 0) is 56.2 Å². The van der Waals surface area contributed by atoms with Crippen LogP contribution < -0.4 is 16.0 Å². The molecule has 0 fully saturated rings. The lowest BCUT2D eigenvalue weighted by Crippen LogP contribution is -2.39. The number of amides is 2. The lowest BCUT2D eigenvalue weighted by molar-refractivity contribution is 0.256. The highest BCUT2D eigenvalue weighted by molar-refractivity contribution is 6.30. The van der Waals surface area contributed by atoms with E-state index in [1.807, 2.05) is 50.2 Å². The van der Waals surface area contributed by atoms with Gasteiger partial charge in [-0.1, -0.05) is 41.9 Å². The van der Waals surface area contributed by atoms with Gasteiger partial charge in [-0.3, -0.25) is 15.6 Å². The molecule has 1 heterocycles. The van der Waals surface area contributed by atoms with E-state index in [1.165, 1.54) is 0 Å². The minimum atomic E-state index is -0.437. The number of aromatic nitrogens is 2. The van der Waals surface area contributed by atoms with Crippen molar-refractivity contribution in [3.8, 4) is 0 Å². The Hall–Kier alpha value is -3.45. The summed E-state index contributed by atoms with van der Waals surface area (Å²) < 4.78 is 0. The Morgan fingerprint density at radius 1 is 0.967 bits per heavy atom. The molecule has 8 heteroatoms. The zero-order valence-corrected chi connectivity index (χ0v) is 17.6. The van der Waals surface area contributed by atoms with Crippen molar-refractivity contribution in [2.75, 3.05) is 17.2 Å². The Morgan fingerprint density at radius 3 is 2.30 bits per heavy atom. The fraction of sp³-hybridized carbons (Fsp3) is 0.182. The van der Waals surface area contributed by atoms with Gasteiger partial charge in [-0.2, -0.15) is 0 Å². The molecular formula is C22H23ClN6O. The van der Waals surface area contributed by atoms with Crippen molar-refractivity contribution < 1.29 is 4.79 Å². The number of carbonyl (C=O) groups excluding carboxylic acids is 1. The Kier molecular flexibility index (Phi) is 7.34. The predicted molar refractivity (Wildman–Crippen MR) is 121 cm³/mol. The van der Waals surface area contributed by atoms with Crippen LogP contribution in [0.15, 0.2) is 65.7 Å². The van der Waals surface area contributed by atoms with Crippen molar-refractivity contribution in [1.82, 2.24) is 15.3 Å². The van der Waals surface area contributed by atoms with Gasteiger partial charge in [0.15, 0.2) is 0 Å². The summed E-state index contributed by atoms with van der Waals surface area (Å²) in [5.41, 5.74) is 3.41. The zero-order valence-electron chi connectivity index (χ0n) is 16.8. The summed E-state index contributed by atoms with van der Waals surface area (Å²) in [7, 11) is 0. The first kappa shape index (κ1) is 21.3. The van der Waals surface area contributed by atoms with Gasteiger partial charge in [0, 0.05) is 28.6 Å². The molecule has 0 bridgehead atoms. The van der Waals surface area contributed by atoms with Crippen LogP contribution in [0, 0.1) is 13.8 Å². The number of nitrogens with one attached hydrogen (secondary N) is 3. The summed E-state index contributed by atoms with van der Waals surface area (Å²) in [4.78, 5) is 25.7. The summed E-state index contributed by atoms with van der Waals surface area (Å²) in [6, 6.07) is 18.3. The van der Waals surface area contributed by atoms with E-state index in [-0.39, 0.29) is 5.96 Å². The van der Waals surface area contributed by atoms with Gasteiger partial charge >= 0.3 is 6.03 Å². The number of benzene rings is 2. The van der Waals surface area contributed by atoms with E-state index in [1.54, 1.807) is 24.3 Å². The number of nitrogens with zero attached hydrogens (tertiary/aromatic N) is 3. The minimum absolute atomic E-state index is 0.266. The third-order valence-electron chi connectivity index (χ3n) is 4.06. The Bertz CT molecular complexity index is 1000. The number of aryl methyl sites for hydroxylation is 2. The number of halogens is 1. The third kappa shape index (κ3) is 6.86. The van der Waals surface area contributed by atoms with E-state index >= 15 is 0 Å². The molecule has 30 heavy (non-hydrogen) atoms.